The van der Waals surface area contributed by atoms with Gasteiger partial charge in [-0.1, -0.05) is 151 Å². The molecule has 0 aliphatic rings. The fraction of sp³-hybridized carbons (Fsp3) is 0. The first-order valence-electron chi connectivity index (χ1n) is 20.3. The highest BCUT2D eigenvalue weighted by Gasteiger charge is 2.20. The van der Waals surface area contributed by atoms with Gasteiger partial charge >= 0.3 is 0 Å². The van der Waals surface area contributed by atoms with Gasteiger partial charge in [0.15, 0.2) is 0 Å². The highest BCUT2D eigenvalue weighted by molar-refractivity contribution is 6.27. The smallest absolute Gasteiger partial charge is 0.136 e. The maximum atomic E-state index is 9.49. The Morgan fingerprint density at radius 2 is 0.918 bits per heavy atom. The molecule has 0 atom stereocenters. The molecule has 1 heteroatoms. The van der Waals surface area contributed by atoms with Crippen LogP contribution in [0.25, 0.3) is 109 Å². The first-order chi connectivity index (χ1) is 27.6. The van der Waals surface area contributed by atoms with Crippen LogP contribution in [-0.4, -0.2) is 0 Å². The summed E-state index contributed by atoms with van der Waals surface area (Å²) in [5.74, 6) is 0. The van der Waals surface area contributed by atoms with Gasteiger partial charge in [-0.3, -0.25) is 0 Å². The van der Waals surface area contributed by atoms with Crippen molar-refractivity contribution in [2.24, 2.45) is 0 Å². The minimum absolute atomic E-state index is 0.175. The summed E-state index contributed by atoms with van der Waals surface area (Å²) in [5, 5.41) is 10.3. The summed E-state index contributed by atoms with van der Waals surface area (Å²) < 4.78 is 80.0. The third-order valence-corrected chi connectivity index (χ3v) is 10.1. The lowest BCUT2D eigenvalue weighted by atomic mass is 9.84. The Labute approximate surface area is 293 Å². The summed E-state index contributed by atoms with van der Waals surface area (Å²) in [4.78, 5) is 0. The predicted octanol–water partition coefficient (Wildman–Crippen LogP) is 13.8. The fourth-order valence-electron chi connectivity index (χ4n) is 7.96. The second kappa shape index (κ2) is 10.0. The lowest BCUT2D eigenvalue weighted by Crippen LogP contribution is -1.92. The zero-order valence-electron chi connectivity index (χ0n) is 34.0. The Hall–Kier alpha value is -6.44. The lowest BCUT2D eigenvalue weighted by molar-refractivity contribution is 0.669. The Bertz CT molecular complexity index is 3540. The number of benzene rings is 10. The third-order valence-electron chi connectivity index (χ3n) is 10.1. The van der Waals surface area contributed by atoms with Crippen molar-refractivity contribution in [3.63, 3.8) is 0 Å². The maximum absolute atomic E-state index is 9.49. The van der Waals surface area contributed by atoms with Crippen LogP contribution in [0.2, 0.25) is 0 Å². The van der Waals surface area contributed by atoms with Crippen LogP contribution in [0.4, 0.5) is 0 Å². The van der Waals surface area contributed by atoms with E-state index in [4.69, 9.17) is 9.90 Å². The molecule has 49 heavy (non-hydrogen) atoms. The molecule has 0 unspecified atom stereocenters. The zero-order chi connectivity index (χ0) is 39.0. The largest absolute Gasteiger partial charge is 0.456 e. The average molecular weight is 629 g/mol. The zero-order valence-corrected chi connectivity index (χ0v) is 26.0. The Balaban J connectivity index is 1.35. The average Bonchev–Trinajstić information content (AvgIpc) is 3.63. The number of furan rings is 1. The predicted molar refractivity (Wildman–Crippen MR) is 210 cm³/mol. The van der Waals surface area contributed by atoms with Gasteiger partial charge in [-0.05, 0) is 105 Å². The van der Waals surface area contributed by atoms with Crippen LogP contribution in [0.3, 0.4) is 0 Å². The lowest BCUT2D eigenvalue weighted by Gasteiger charge is -2.19. The summed E-state index contributed by atoms with van der Waals surface area (Å²) in [6.07, 6.45) is 0. The molecule has 11 aromatic rings. The van der Waals surface area contributed by atoms with Crippen molar-refractivity contribution in [1.29, 1.82) is 0 Å². The second-order valence-corrected chi connectivity index (χ2v) is 12.6. The maximum Gasteiger partial charge on any atom is 0.136 e. The van der Waals surface area contributed by atoms with Crippen molar-refractivity contribution in [1.82, 2.24) is 0 Å². The van der Waals surface area contributed by atoms with Gasteiger partial charge in [-0.15, -0.1) is 0 Å². The molecule has 0 aliphatic carbocycles. The number of hydrogen-bond donors (Lipinski definition) is 0. The van der Waals surface area contributed by atoms with Crippen molar-refractivity contribution < 1.29 is 15.4 Å². The first kappa shape index (κ1) is 20.0. The normalized spacial score (nSPS) is 14.4. The molecule has 0 spiro atoms. The summed E-state index contributed by atoms with van der Waals surface area (Å²) >= 11 is 0. The monoisotopic (exact) mass is 628 g/mol. The van der Waals surface area contributed by atoms with Gasteiger partial charge in [-0.2, -0.15) is 0 Å². The number of fused-ring (bicyclic) bond motifs is 12. The summed E-state index contributed by atoms with van der Waals surface area (Å²) in [7, 11) is 0. The van der Waals surface area contributed by atoms with Gasteiger partial charge in [0.2, 0.25) is 0 Å². The van der Waals surface area contributed by atoms with Crippen LogP contribution >= 0.6 is 0 Å². The van der Waals surface area contributed by atoms with Gasteiger partial charge in [0, 0.05) is 10.8 Å². The van der Waals surface area contributed by atoms with E-state index < -0.39 is 24.2 Å². The summed E-state index contributed by atoms with van der Waals surface area (Å²) in [5.41, 5.74) is 3.06. The Kier molecular flexibility index (Phi) is 4.10. The van der Waals surface area contributed by atoms with E-state index in [0.29, 0.717) is 33.4 Å². The van der Waals surface area contributed by atoms with Crippen molar-refractivity contribution in [2.45, 2.75) is 0 Å². The van der Waals surface area contributed by atoms with Gasteiger partial charge in [0.05, 0.1) is 11.0 Å². The summed E-state index contributed by atoms with van der Waals surface area (Å²) in [6, 6.07) is 36.8. The van der Waals surface area contributed by atoms with E-state index in [9.17, 15) is 5.48 Å². The van der Waals surface area contributed by atoms with Crippen molar-refractivity contribution >= 4 is 86.6 Å². The molecule has 0 aliphatic heterocycles. The van der Waals surface area contributed by atoms with Crippen molar-refractivity contribution in [2.75, 3.05) is 0 Å². The van der Waals surface area contributed by atoms with Crippen LogP contribution < -0.4 is 0 Å². The molecular weight excluding hydrogens is 593 g/mol. The molecule has 1 heterocycles. The van der Waals surface area contributed by atoms with Crippen LogP contribution in [0.1, 0.15) is 11.0 Å². The molecular formula is C48H28O. The third kappa shape index (κ3) is 3.76. The Morgan fingerprint density at radius 3 is 1.61 bits per heavy atom. The second-order valence-electron chi connectivity index (χ2n) is 12.6. The molecule has 10 aromatic carbocycles. The highest BCUT2D eigenvalue weighted by atomic mass is 16.3. The SMILES string of the molecule is [2H]c1c([2H])c([2H])c2c(-c3cccc4c3ccc3ccccc34)c3c([2H])c([2H])c([2H])c([2H])c3c(-c3ccc4oc5ccc6c7ccccc7ccc6c5c4c3)c2c1[2H]. The van der Waals surface area contributed by atoms with E-state index >= 15 is 0 Å². The van der Waals surface area contributed by atoms with E-state index in [2.05, 4.69) is 30.3 Å². The van der Waals surface area contributed by atoms with Crippen LogP contribution in [0, 0.1) is 0 Å². The molecule has 0 fully saturated rings. The minimum atomic E-state index is -0.434. The van der Waals surface area contributed by atoms with Gasteiger partial charge < -0.3 is 4.42 Å². The molecule has 11 rings (SSSR count). The number of rotatable bonds is 2. The molecule has 0 saturated heterocycles. The quantitative estimate of drug-likeness (QED) is 0.137. The summed E-state index contributed by atoms with van der Waals surface area (Å²) in [6.45, 7) is 0. The van der Waals surface area contributed by atoms with E-state index in [-0.39, 0.29) is 45.7 Å². The molecule has 1 nitrogen and oxygen atoms in total. The van der Waals surface area contributed by atoms with Crippen molar-refractivity contribution in [3.05, 3.63) is 170 Å². The number of hydrogen-bond acceptors (Lipinski definition) is 1. The highest BCUT2D eigenvalue weighted by Crippen LogP contribution is 2.47. The first-order valence-corrected chi connectivity index (χ1v) is 16.3. The van der Waals surface area contributed by atoms with Crippen LogP contribution in [-0.2, 0) is 0 Å². The van der Waals surface area contributed by atoms with Gasteiger partial charge in [0.25, 0.3) is 0 Å². The van der Waals surface area contributed by atoms with Crippen LogP contribution in [0.5, 0.6) is 0 Å². The molecule has 0 radical (unpaired) electrons. The fourth-order valence-corrected chi connectivity index (χ4v) is 7.96. The van der Waals surface area contributed by atoms with Gasteiger partial charge in [-0.25, -0.2) is 0 Å². The molecule has 1 aromatic heterocycles. The van der Waals surface area contributed by atoms with E-state index in [1.165, 1.54) is 0 Å². The molecule has 0 bridgehead atoms. The Morgan fingerprint density at radius 1 is 0.367 bits per heavy atom. The topological polar surface area (TPSA) is 13.1 Å². The van der Waals surface area contributed by atoms with E-state index in [1.54, 1.807) is 0 Å². The van der Waals surface area contributed by atoms with Gasteiger partial charge in [0.1, 0.15) is 11.2 Å². The van der Waals surface area contributed by atoms with Crippen molar-refractivity contribution in [3.8, 4) is 22.3 Å². The molecule has 0 amide bonds. The van der Waals surface area contributed by atoms with E-state index in [0.717, 1.165) is 53.9 Å². The standard InChI is InChI=1S/C48H28O/c1-3-12-32-29(10-1)20-23-36-34(32)18-9-19-37(36)47-40-16-7-5-14-38(40)46(39-15-6-8-17-41(39)47)31-22-26-44-43(28-31)48-42-24-21-30-11-2-4-13-33(30)35(42)25-27-45(48)49-44/h1-28H/i5D,6D,7D,8D,14D,15D,16D,17D. The molecule has 0 saturated carbocycles. The molecule has 226 valence electrons. The molecule has 0 N–H and O–H groups in total. The van der Waals surface area contributed by atoms with Crippen LogP contribution in [0.15, 0.2) is 174 Å². The van der Waals surface area contributed by atoms with E-state index in [1.807, 2.05) is 91.0 Å². The minimum Gasteiger partial charge on any atom is -0.456 e.